The minimum absolute atomic E-state index is 0.181. The van der Waals surface area contributed by atoms with Crippen molar-refractivity contribution in [2.24, 2.45) is 5.92 Å². The molecule has 102 valence electrons. The summed E-state index contributed by atoms with van der Waals surface area (Å²) in [4.78, 5) is 0.181. The van der Waals surface area contributed by atoms with Crippen molar-refractivity contribution >= 4 is 21.1 Å². The quantitative estimate of drug-likeness (QED) is 0.836. The molecule has 1 saturated heterocycles. The van der Waals surface area contributed by atoms with Crippen LogP contribution in [0.25, 0.3) is 11.0 Å². The lowest BCUT2D eigenvalue weighted by Gasteiger charge is -2.29. The Morgan fingerprint density at radius 1 is 1.26 bits per heavy atom. The third-order valence-electron chi connectivity index (χ3n) is 3.61. The molecule has 0 spiro atoms. The summed E-state index contributed by atoms with van der Waals surface area (Å²) >= 11 is 0. The molecule has 0 atom stereocenters. The third kappa shape index (κ3) is 2.12. The lowest BCUT2D eigenvalue weighted by atomic mass is 10.0. The van der Waals surface area contributed by atoms with Crippen LogP contribution in [0.1, 0.15) is 19.8 Å². The molecule has 7 heteroatoms. The summed E-state index contributed by atoms with van der Waals surface area (Å²) in [5, 5.41) is 7.38. The highest BCUT2D eigenvalue weighted by molar-refractivity contribution is 7.89. The van der Waals surface area contributed by atoms with Crippen LogP contribution in [0.15, 0.2) is 27.7 Å². The van der Waals surface area contributed by atoms with Crippen molar-refractivity contribution in [2.45, 2.75) is 24.7 Å². The first-order valence-corrected chi connectivity index (χ1v) is 7.74. The summed E-state index contributed by atoms with van der Waals surface area (Å²) in [7, 11) is -3.51. The first-order chi connectivity index (χ1) is 9.09. The fraction of sp³-hybridized carbons (Fsp3) is 0.500. The molecule has 0 saturated carbocycles. The van der Waals surface area contributed by atoms with Gasteiger partial charge in [-0.2, -0.15) is 4.31 Å². The molecule has 0 N–H and O–H groups in total. The molecule has 0 unspecified atom stereocenters. The number of nitrogens with zero attached hydrogens (tertiary/aromatic N) is 3. The average molecular weight is 281 g/mol. The van der Waals surface area contributed by atoms with Crippen LogP contribution in [0.4, 0.5) is 0 Å². The van der Waals surface area contributed by atoms with E-state index < -0.39 is 10.0 Å². The summed E-state index contributed by atoms with van der Waals surface area (Å²) in [6, 6.07) is 4.90. The molecule has 1 aromatic heterocycles. The number of hydrogen-bond donors (Lipinski definition) is 0. The highest BCUT2D eigenvalue weighted by atomic mass is 32.2. The van der Waals surface area contributed by atoms with Crippen molar-refractivity contribution in [1.82, 2.24) is 14.6 Å². The van der Waals surface area contributed by atoms with Crippen LogP contribution in [-0.2, 0) is 10.0 Å². The van der Waals surface area contributed by atoms with Gasteiger partial charge >= 0.3 is 0 Å². The standard InChI is InChI=1S/C12H15N3O3S/c1-9-5-7-15(8-6-9)19(16,17)11-4-2-3-10-12(11)14-18-13-10/h2-4,9H,5-8H2,1H3. The Balaban J connectivity index is 2.02. The Bertz CT molecular complexity index is 687. The van der Waals surface area contributed by atoms with Crippen molar-refractivity contribution in [3.8, 4) is 0 Å². The minimum Gasteiger partial charge on any atom is -0.243 e. The number of hydrogen-bond acceptors (Lipinski definition) is 5. The number of rotatable bonds is 2. The van der Waals surface area contributed by atoms with Crippen molar-refractivity contribution in [3.63, 3.8) is 0 Å². The largest absolute Gasteiger partial charge is 0.245 e. The molecule has 0 amide bonds. The fourth-order valence-corrected chi connectivity index (χ4v) is 3.96. The van der Waals surface area contributed by atoms with Crippen LogP contribution < -0.4 is 0 Å². The number of piperidine rings is 1. The van der Waals surface area contributed by atoms with Gasteiger partial charge in [-0.15, -0.1) is 0 Å². The van der Waals surface area contributed by atoms with Crippen molar-refractivity contribution in [2.75, 3.05) is 13.1 Å². The van der Waals surface area contributed by atoms with Gasteiger partial charge < -0.3 is 0 Å². The molecule has 6 nitrogen and oxygen atoms in total. The van der Waals surface area contributed by atoms with Crippen LogP contribution in [0.3, 0.4) is 0 Å². The summed E-state index contributed by atoms with van der Waals surface area (Å²) in [6.45, 7) is 3.27. The predicted molar refractivity (Wildman–Crippen MR) is 69.0 cm³/mol. The molecule has 1 fully saturated rings. The number of sulfonamides is 1. The molecule has 0 bridgehead atoms. The Labute approximate surface area is 111 Å². The zero-order chi connectivity index (χ0) is 13.5. The molecule has 2 aromatic rings. The number of benzene rings is 1. The molecule has 0 aliphatic carbocycles. The van der Waals surface area contributed by atoms with E-state index in [1.54, 1.807) is 18.2 Å². The predicted octanol–water partition coefficient (Wildman–Crippen LogP) is 1.64. The second-order valence-corrected chi connectivity index (χ2v) is 6.88. The van der Waals surface area contributed by atoms with E-state index in [0.29, 0.717) is 30.0 Å². The average Bonchev–Trinajstić information content (AvgIpc) is 2.87. The molecular weight excluding hydrogens is 266 g/mol. The second-order valence-electron chi connectivity index (χ2n) is 4.97. The molecule has 0 radical (unpaired) electrons. The van der Waals surface area contributed by atoms with Crippen LogP contribution in [0, 0.1) is 5.92 Å². The van der Waals surface area contributed by atoms with E-state index in [-0.39, 0.29) is 4.90 Å². The molecule has 1 aliphatic rings. The first-order valence-electron chi connectivity index (χ1n) is 6.30. The van der Waals surface area contributed by atoms with Crippen molar-refractivity contribution < 1.29 is 13.0 Å². The zero-order valence-corrected chi connectivity index (χ0v) is 11.4. The van der Waals surface area contributed by atoms with E-state index in [1.807, 2.05) is 0 Å². The first kappa shape index (κ1) is 12.6. The van der Waals surface area contributed by atoms with Gasteiger partial charge in [-0.05, 0) is 41.2 Å². The van der Waals surface area contributed by atoms with Crippen LogP contribution >= 0.6 is 0 Å². The normalized spacial score (nSPS) is 19.0. The lowest BCUT2D eigenvalue weighted by Crippen LogP contribution is -2.37. The lowest BCUT2D eigenvalue weighted by molar-refractivity contribution is 0.288. The maximum Gasteiger partial charge on any atom is 0.245 e. The van der Waals surface area contributed by atoms with E-state index in [4.69, 9.17) is 0 Å². The molecule has 2 heterocycles. The fourth-order valence-electron chi connectivity index (χ4n) is 2.35. The van der Waals surface area contributed by atoms with Crippen molar-refractivity contribution in [1.29, 1.82) is 0 Å². The van der Waals surface area contributed by atoms with E-state index in [2.05, 4.69) is 21.9 Å². The van der Waals surface area contributed by atoms with Gasteiger partial charge in [0.1, 0.15) is 10.4 Å². The van der Waals surface area contributed by atoms with E-state index in [0.717, 1.165) is 12.8 Å². The molecule has 1 aromatic carbocycles. The molecule has 19 heavy (non-hydrogen) atoms. The van der Waals surface area contributed by atoms with E-state index in [9.17, 15) is 8.42 Å². The summed E-state index contributed by atoms with van der Waals surface area (Å²) in [6.07, 6.45) is 1.79. The van der Waals surface area contributed by atoms with Crippen LogP contribution in [-0.4, -0.2) is 36.1 Å². The topological polar surface area (TPSA) is 76.3 Å². The van der Waals surface area contributed by atoms with E-state index in [1.165, 1.54) is 4.31 Å². The van der Waals surface area contributed by atoms with Crippen molar-refractivity contribution in [3.05, 3.63) is 18.2 Å². The van der Waals surface area contributed by atoms with Crippen LogP contribution in [0.2, 0.25) is 0 Å². The molecular formula is C12H15N3O3S. The number of fused-ring (bicyclic) bond motifs is 1. The summed E-state index contributed by atoms with van der Waals surface area (Å²) in [5.41, 5.74) is 0.771. The maximum absolute atomic E-state index is 12.6. The van der Waals surface area contributed by atoms with E-state index >= 15 is 0 Å². The molecule has 3 rings (SSSR count). The van der Waals surface area contributed by atoms with Gasteiger partial charge in [0, 0.05) is 13.1 Å². The third-order valence-corrected chi connectivity index (χ3v) is 5.54. The van der Waals surface area contributed by atoms with Gasteiger partial charge in [0.15, 0.2) is 5.52 Å². The summed E-state index contributed by atoms with van der Waals surface area (Å²) < 4.78 is 31.4. The van der Waals surface area contributed by atoms with Gasteiger partial charge in [-0.1, -0.05) is 13.0 Å². The zero-order valence-electron chi connectivity index (χ0n) is 10.6. The Morgan fingerprint density at radius 2 is 2.00 bits per heavy atom. The number of aromatic nitrogens is 2. The smallest absolute Gasteiger partial charge is 0.243 e. The van der Waals surface area contributed by atoms with Gasteiger partial charge in [-0.3, -0.25) is 0 Å². The highest BCUT2D eigenvalue weighted by Gasteiger charge is 2.30. The Hall–Kier alpha value is -1.47. The Morgan fingerprint density at radius 3 is 2.74 bits per heavy atom. The molecule has 1 aliphatic heterocycles. The maximum atomic E-state index is 12.6. The summed E-state index contributed by atoms with van der Waals surface area (Å²) in [5.74, 6) is 0.580. The van der Waals surface area contributed by atoms with Gasteiger partial charge in [0.05, 0.1) is 0 Å². The monoisotopic (exact) mass is 281 g/mol. The highest BCUT2D eigenvalue weighted by Crippen LogP contribution is 2.27. The van der Waals surface area contributed by atoms with Gasteiger partial charge in [-0.25, -0.2) is 13.0 Å². The second kappa shape index (κ2) is 4.57. The van der Waals surface area contributed by atoms with Gasteiger partial charge in [0.2, 0.25) is 10.0 Å². The Kier molecular flexibility index (Phi) is 3.02. The van der Waals surface area contributed by atoms with Gasteiger partial charge in [0.25, 0.3) is 0 Å². The SMILES string of the molecule is CC1CCN(S(=O)(=O)c2cccc3nonc23)CC1. The minimum atomic E-state index is -3.51. The van der Waals surface area contributed by atoms with Crippen LogP contribution in [0.5, 0.6) is 0 Å².